The number of amides is 1. The van der Waals surface area contributed by atoms with Crippen LogP contribution in [-0.4, -0.2) is 25.9 Å². The van der Waals surface area contributed by atoms with Crippen LogP contribution >= 0.6 is 23.4 Å². The van der Waals surface area contributed by atoms with E-state index < -0.39 is 17.2 Å². The fourth-order valence-corrected chi connectivity index (χ4v) is 4.61. The molecule has 0 spiro atoms. The topological polar surface area (TPSA) is 69.0 Å². The zero-order chi connectivity index (χ0) is 24.8. The highest BCUT2D eigenvalue weighted by Crippen LogP contribution is 2.33. The standard InChI is InChI=1S/C26H24ClFN4O2S/c1-3-23(25(33)29-21-15-9-8-14-20(21)28)35-26-31-30-24(32(26)18-11-5-4-6-12-18)17(2)34-22-16-10-7-13-19(22)27/h4-17,23H,3H2,1-2H3,(H,29,33). The van der Waals surface area contributed by atoms with Crippen molar-refractivity contribution >= 4 is 35.0 Å². The SMILES string of the molecule is CCC(Sc1nnc(C(C)Oc2ccccc2Cl)n1-c1ccccc1)C(=O)Nc1ccccc1F. The summed E-state index contributed by atoms with van der Waals surface area (Å²) < 4.78 is 22.0. The average Bonchev–Trinajstić information content (AvgIpc) is 3.29. The third kappa shape index (κ3) is 5.83. The van der Waals surface area contributed by atoms with Crippen molar-refractivity contribution in [3.8, 4) is 11.4 Å². The number of rotatable bonds is 9. The lowest BCUT2D eigenvalue weighted by Gasteiger charge is -2.19. The Morgan fingerprint density at radius 1 is 1.06 bits per heavy atom. The number of carbonyl (C=O) groups excluding carboxylic acids is 1. The number of thioether (sulfide) groups is 1. The molecule has 0 radical (unpaired) electrons. The smallest absolute Gasteiger partial charge is 0.238 e. The minimum Gasteiger partial charge on any atom is -0.481 e. The summed E-state index contributed by atoms with van der Waals surface area (Å²) in [4.78, 5) is 13.0. The molecule has 180 valence electrons. The minimum atomic E-state index is -0.520. The lowest BCUT2D eigenvalue weighted by atomic mass is 10.2. The van der Waals surface area contributed by atoms with E-state index in [0.717, 1.165) is 5.69 Å². The predicted molar refractivity (Wildman–Crippen MR) is 137 cm³/mol. The quantitative estimate of drug-likeness (QED) is 0.253. The van der Waals surface area contributed by atoms with Crippen molar-refractivity contribution < 1.29 is 13.9 Å². The molecule has 35 heavy (non-hydrogen) atoms. The van der Waals surface area contributed by atoms with E-state index in [0.29, 0.717) is 28.2 Å². The molecular weight excluding hydrogens is 487 g/mol. The third-order valence-electron chi connectivity index (χ3n) is 5.22. The van der Waals surface area contributed by atoms with Gasteiger partial charge in [-0.3, -0.25) is 9.36 Å². The molecule has 9 heteroatoms. The van der Waals surface area contributed by atoms with Gasteiger partial charge in [0, 0.05) is 5.69 Å². The van der Waals surface area contributed by atoms with Gasteiger partial charge >= 0.3 is 0 Å². The van der Waals surface area contributed by atoms with Gasteiger partial charge in [-0.2, -0.15) is 0 Å². The highest BCUT2D eigenvalue weighted by Gasteiger charge is 2.26. The number of hydrogen-bond acceptors (Lipinski definition) is 5. The summed E-state index contributed by atoms with van der Waals surface area (Å²) in [6.07, 6.45) is 0.0254. The normalized spacial score (nSPS) is 12.7. The molecule has 6 nitrogen and oxygen atoms in total. The Labute approximate surface area is 212 Å². The number of hydrogen-bond donors (Lipinski definition) is 1. The highest BCUT2D eigenvalue weighted by molar-refractivity contribution is 8.00. The molecular formula is C26H24ClFN4O2S. The van der Waals surface area contributed by atoms with E-state index in [1.165, 1.54) is 23.9 Å². The Morgan fingerprint density at radius 2 is 1.74 bits per heavy atom. The predicted octanol–water partition coefficient (Wildman–Crippen LogP) is 6.71. The molecule has 2 atom stereocenters. The van der Waals surface area contributed by atoms with Crippen molar-refractivity contribution in [1.82, 2.24) is 14.8 Å². The van der Waals surface area contributed by atoms with Gasteiger partial charge < -0.3 is 10.1 Å². The van der Waals surface area contributed by atoms with Gasteiger partial charge in [-0.15, -0.1) is 10.2 Å². The Bertz CT molecular complexity index is 1300. The largest absolute Gasteiger partial charge is 0.481 e. The summed E-state index contributed by atoms with van der Waals surface area (Å²) in [7, 11) is 0. The van der Waals surface area contributed by atoms with Crippen molar-refractivity contribution in [3.05, 3.63) is 95.5 Å². The first kappa shape index (κ1) is 24.8. The van der Waals surface area contributed by atoms with Crippen molar-refractivity contribution in [1.29, 1.82) is 0 Å². The fourth-order valence-electron chi connectivity index (χ4n) is 3.45. The molecule has 3 aromatic carbocycles. The van der Waals surface area contributed by atoms with Gasteiger partial charge in [-0.25, -0.2) is 4.39 Å². The number of nitrogens with zero attached hydrogens (tertiary/aromatic N) is 3. The van der Waals surface area contributed by atoms with Crippen molar-refractivity contribution in [2.75, 3.05) is 5.32 Å². The van der Waals surface area contributed by atoms with Crippen molar-refractivity contribution in [2.24, 2.45) is 0 Å². The second-order valence-electron chi connectivity index (χ2n) is 7.69. The van der Waals surface area contributed by atoms with Crippen molar-refractivity contribution in [3.63, 3.8) is 0 Å². The maximum atomic E-state index is 14.1. The molecule has 0 aliphatic carbocycles. The lowest BCUT2D eigenvalue weighted by molar-refractivity contribution is -0.115. The lowest BCUT2D eigenvalue weighted by Crippen LogP contribution is -2.25. The molecule has 0 aliphatic rings. The Hall–Kier alpha value is -3.36. The summed E-state index contributed by atoms with van der Waals surface area (Å²) in [6.45, 7) is 3.76. The second-order valence-corrected chi connectivity index (χ2v) is 9.26. The van der Waals surface area contributed by atoms with Gasteiger partial charge in [-0.05, 0) is 49.7 Å². The zero-order valence-corrected chi connectivity index (χ0v) is 20.8. The molecule has 4 rings (SSSR count). The van der Waals surface area contributed by atoms with E-state index in [2.05, 4.69) is 15.5 Å². The van der Waals surface area contributed by atoms with Gasteiger partial charge in [0.25, 0.3) is 0 Å². The van der Waals surface area contributed by atoms with E-state index in [9.17, 15) is 9.18 Å². The monoisotopic (exact) mass is 510 g/mol. The molecule has 2 unspecified atom stereocenters. The van der Waals surface area contributed by atoms with Crippen molar-refractivity contribution in [2.45, 2.75) is 36.8 Å². The van der Waals surface area contributed by atoms with Crippen LogP contribution in [0.15, 0.2) is 84.0 Å². The van der Waals surface area contributed by atoms with Crippen LogP contribution in [0.25, 0.3) is 5.69 Å². The molecule has 0 aliphatic heterocycles. The second kappa shape index (κ2) is 11.4. The van der Waals surface area contributed by atoms with Gasteiger partial charge in [0.15, 0.2) is 17.1 Å². The Morgan fingerprint density at radius 3 is 2.46 bits per heavy atom. The first-order chi connectivity index (χ1) is 17.0. The van der Waals surface area contributed by atoms with E-state index in [1.54, 1.807) is 24.3 Å². The maximum Gasteiger partial charge on any atom is 0.238 e. The number of para-hydroxylation sites is 3. The number of halogens is 2. The van der Waals surface area contributed by atoms with Gasteiger partial charge in [0.1, 0.15) is 11.6 Å². The van der Waals surface area contributed by atoms with Crippen LogP contribution in [0.3, 0.4) is 0 Å². The van der Waals surface area contributed by atoms with Crippen LogP contribution in [0, 0.1) is 5.82 Å². The van der Waals surface area contributed by atoms with Crippen LogP contribution in [0.4, 0.5) is 10.1 Å². The number of nitrogens with one attached hydrogen (secondary N) is 1. The summed E-state index contributed by atoms with van der Waals surface area (Å²) in [5.41, 5.74) is 0.970. The molecule has 4 aromatic rings. The number of carbonyl (C=O) groups is 1. The number of ether oxygens (including phenoxy) is 1. The first-order valence-corrected chi connectivity index (χ1v) is 12.4. The van der Waals surface area contributed by atoms with Gasteiger partial charge in [0.2, 0.25) is 5.91 Å². The summed E-state index contributed by atoms with van der Waals surface area (Å²) >= 11 is 7.54. The molecule has 1 N–H and O–H groups in total. The molecule has 0 bridgehead atoms. The van der Waals surface area contributed by atoms with Crippen LogP contribution in [0.2, 0.25) is 5.02 Å². The van der Waals surface area contributed by atoms with Gasteiger partial charge in [-0.1, -0.05) is 72.8 Å². The first-order valence-electron chi connectivity index (χ1n) is 11.1. The molecule has 0 saturated carbocycles. The van der Waals surface area contributed by atoms with Gasteiger partial charge in [0.05, 0.1) is 16.0 Å². The van der Waals surface area contributed by atoms with Crippen LogP contribution in [-0.2, 0) is 4.79 Å². The Kier molecular flexibility index (Phi) is 8.05. The van der Waals surface area contributed by atoms with E-state index in [4.69, 9.17) is 16.3 Å². The van der Waals surface area contributed by atoms with Crippen LogP contribution in [0.1, 0.15) is 32.2 Å². The van der Waals surface area contributed by atoms with E-state index in [-0.39, 0.29) is 11.6 Å². The fraction of sp³-hybridized carbons (Fsp3) is 0.192. The molecule has 1 heterocycles. The molecule has 0 fully saturated rings. The molecule has 1 amide bonds. The number of aromatic nitrogens is 3. The van der Waals surface area contributed by atoms with Crippen LogP contribution < -0.4 is 10.1 Å². The third-order valence-corrected chi connectivity index (χ3v) is 6.84. The summed E-state index contributed by atoms with van der Waals surface area (Å²) in [6, 6.07) is 22.9. The highest BCUT2D eigenvalue weighted by atomic mass is 35.5. The maximum absolute atomic E-state index is 14.1. The number of benzene rings is 3. The van der Waals surface area contributed by atoms with E-state index in [1.807, 2.05) is 60.9 Å². The Balaban J connectivity index is 1.63. The minimum absolute atomic E-state index is 0.142. The zero-order valence-electron chi connectivity index (χ0n) is 19.2. The molecule has 1 aromatic heterocycles. The molecule has 0 saturated heterocycles. The number of anilines is 1. The summed E-state index contributed by atoms with van der Waals surface area (Å²) in [5, 5.41) is 12.0. The summed E-state index contributed by atoms with van der Waals surface area (Å²) in [5.74, 6) is 0.297. The van der Waals surface area contributed by atoms with E-state index >= 15 is 0 Å². The van der Waals surface area contributed by atoms with Crippen LogP contribution in [0.5, 0.6) is 5.75 Å². The average molecular weight is 511 g/mol.